The zero-order chi connectivity index (χ0) is 13.3. The first-order valence-corrected chi connectivity index (χ1v) is 6.05. The Morgan fingerprint density at radius 1 is 1.35 bits per heavy atom. The zero-order valence-electron chi connectivity index (χ0n) is 11.0. The van der Waals surface area contributed by atoms with Crippen molar-refractivity contribution >= 4 is 11.9 Å². The summed E-state index contributed by atoms with van der Waals surface area (Å²) in [6, 6.07) is 0. The molecule has 1 atom stereocenters. The summed E-state index contributed by atoms with van der Waals surface area (Å²) in [4.78, 5) is 22.0. The maximum Gasteiger partial charge on any atom is 0.306 e. The van der Waals surface area contributed by atoms with Crippen molar-refractivity contribution in [2.75, 3.05) is 19.7 Å². The molecule has 1 amide bonds. The molecule has 3 N–H and O–H groups in total. The predicted molar refractivity (Wildman–Crippen MR) is 66.3 cm³/mol. The van der Waals surface area contributed by atoms with E-state index >= 15 is 0 Å². The summed E-state index contributed by atoms with van der Waals surface area (Å²) in [5, 5.41) is 2.56. The van der Waals surface area contributed by atoms with Crippen molar-refractivity contribution in [3.63, 3.8) is 0 Å². The molecular formula is C12H24N2O3. The third-order valence-electron chi connectivity index (χ3n) is 2.33. The molecule has 0 rings (SSSR count). The summed E-state index contributed by atoms with van der Waals surface area (Å²) in [5.41, 5.74) is 5.60. The molecule has 100 valence electrons. The van der Waals surface area contributed by atoms with E-state index in [0.717, 1.165) is 6.42 Å². The van der Waals surface area contributed by atoms with Crippen LogP contribution in [0, 0.1) is 11.8 Å². The Hall–Kier alpha value is -1.10. The van der Waals surface area contributed by atoms with Crippen LogP contribution in [0.2, 0.25) is 0 Å². The number of ether oxygens (including phenoxy) is 1. The smallest absolute Gasteiger partial charge is 0.306 e. The largest absolute Gasteiger partial charge is 0.464 e. The molecule has 5 nitrogen and oxygen atoms in total. The van der Waals surface area contributed by atoms with Gasteiger partial charge in [0.25, 0.3) is 0 Å². The normalized spacial score (nSPS) is 12.3. The highest BCUT2D eigenvalue weighted by molar-refractivity contribution is 5.73. The Morgan fingerprint density at radius 2 is 2.00 bits per heavy atom. The van der Waals surface area contributed by atoms with Gasteiger partial charge in [0.15, 0.2) is 0 Å². The average Bonchev–Trinajstić information content (AvgIpc) is 2.22. The quantitative estimate of drug-likeness (QED) is 0.486. The molecule has 0 heterocycles. The lowest BCUT2D eigenvalue weighted by atomic mass is 9.94. The summed E-state index contributed by atoms with van der Waals surface area (Å²) < 4.78 is 5.00. The van der Waals surface area contributed by atoms with Crippen LogP contribution in [0.3, 0.4) is 0 Å². The second-order valence-corrected chi connectivity index (χ2v) is 4.64. The molecule has 0 radical (unpaired) electrons. The number of esters is 1. The van der Waals surface area contributed by atoms with Crippen LogP contribution >= 0.6 is 0 Å². The Kier molecular flexibility index (Phi) is 8.40. The van der Waals surface area contributed by atoms with Gasteiger partial charge < -0.3 is 15.8 Å². The minimum absolute atomic E-state index is 0.124. The molecule has 0 aliphatic carbocycles. The van der Waals surface area contributed by atoms with Crippen LogP contribution in [-0.2, 0) is 14.3 Å². The fourth-order valence-electron chi connectivity index (χ4n) is 1.62. The number of nitrogens with two attached hydrogens (primary N) is 1. The van der Waals surface area contributed by atoms with Crippen LogP contribution in [0.25, 0.3) is 0 Å². The summed E-state index contributed by atoms with van der Waals surface area (Å²) in [5.74, 6) is 0.339. The molecule has 0 unspecified atom stereocenters. The summed E-state index contributed by atoms with van der Waals surface area (Å²) in [6.45, 7) is 6.71. The number of hydrogen-bond acceptors (Lipinski definition) is 4. The summed E-state index contributed by atoms with van der Waals surface area (Å²) >= 11 is 0. The lowest BCUT2D eigenvalue weighted by molar-refractivity contribution is -0.145. The second kappa shape index (κ2) is 8.98. The van der Waals surface area contributed by atoms with Gasteiger partial charge >= 0.3 is 5.97 Å². The Labute approximate surface area is 103 Å². The third-order valence-corrected chi connectivity index (χ3v) is 2.33. The van der Waals surface area contributed by atoms with Crippen molar-refractivity contribution < 1.29 is 14.3 Å². The van der Waals surface area contributed by atoms with Gasteiger partial charge in [0.2, 0.25) is 5.91 Å². The molecule has 0 saturated heterocycles. The van der Waals surface area contributed by atoms with Gasteiger partial charge in [-0.3, -0.25) is 9.59 Å². The highest BCUT2D eigenvalue weighted by Gasteiger charge is 2.14. The standard InChI is InChI=1S/C12H24N2O3/c1-9(2)6-11(8-13)7-12(16)17-5-4-14-10(3)15/h9,11H,4-8,13H2,1-3H3,(H,14,15)/t11-/m0/s1. The molecular weight excluding hydrogens is 220 g/mol. The van der Waals surface area contributed by atoms with Gasteiger partial charge in [0.1, 0.15) is 6.61 Å². The third kappa shape index (κ3) is 9.81. The van der Waals surface area contributed by atoms with Gasteiger partial charge in [-0.15, -0.1) is 0 Å². The zero-order valence-corrected chi connectivity index (χ0v) is 11.0. The molecule has 0 aromatic rings. The van der Waals surface area contributed by atoms with E-state index in [2.05, 4.69) is 19.2 Å². The molecule has 5 heteroatoms. The fourth-order valence-corrected chi connectivity index (χ4v) is 1.62. The van der Waals surface area contributed by atoms with Crippen LogP contribution in [0.1, 0.15) is 33.6 Å². The average molecular weight is 244 g/mol. The lowest BCUT2D eigenvalue weighted by Gasteiger charge is -2.16. The minimum atomic E-state index is -0.244. The van der Waals surface area contributed by atoms with Gasteiger partial charge in [-0.25, -0.2) is 0 Å². The highest BCUT2D eigenvalue weighted by atomic mass is 16.5. The second-order valence-electron chi connectivity index (χ2n) is 4.64. The van der Waals surface area contributed by atoms with E-state index < -0.39 is 0 Å². The van der Waals surface area contributed by atoms with E-state index in [4.69, 9.17) is 10.5 Å². The number of amides is 1. The first-order chi connectivity index (χ1) is 7.95. The van der Waals surface area contributed by atoms with Crippen molar-refractivity contribution in [2.24, 2.45) is 17.6 Å². The van der Waals surface area contributed by atoms with Crippen LogP contribution in [0.4, 0.5) is 0 Å². The highest BCUT2D eigenvalue weighted by Crippen LogP contribution is 2.14. The minimum Gasteiger partial charge on any atom is -0.464 e. The van der Waals surface area contributed by atoms with E-state index in [1.807, 2.05) is 0 Å². The van der Waals surface area contributed by atoms with Gasteiger partial charge in [-0.2, -0.15) is 0 Å². The first-order valence-electron chi connectivity index (χ1n) is 6.05. The molecule has 0 aliphatic heterocycles. The monoisotopic (exact) mass is 244 g/mol. The summed E-state index contributed by atoms with van der Waals surface area (Å²) in [7, 11) is 0. The molecule has 0 spiro atoms. The first kappa shape index (κ1) is 15.9. The van der Waals surface area contributed by atoms with Crippen LogP contribution in [0.5, 0.6) is 0 Å². The van der Waals surface area contributed by atoms with Crippen molar-refractivity contribution in [3.05, 3.63) is 0 Å². The van der Waals surface area contributed by atoms with Crippen LogP contribution in [-0.4, -0.2) is 31.6 Å². The number of nitrogens with one attached hydrogen (secondary N) is 1. The van der Waals surface area contributed by atoms with Crippen LogP contribution in [0.15, 0.2) is 0 Å². The molecule has 0 aliphatic rings. The molecule has 0 aromatic heterocycles. The van der Waals surface area contributed by atoms with Crippen molar-refractivity contribution in [2.45, 2.75) is 33.6 Å². The molecule has 17 heavy (non-hydrogen) atoms. The van der Waals surface area contributed by atoms with Gasteiger partial charge in [0, 0.05) is 13.3 Å². The number of carbonyl (C=O) groups excluding carboxylic acids is 2. The maximum atomic E-state index is 11.4. The Morgan fingerprint density at radius 3 is 2.47 bits per heavy atom. The van der Waals surface area contributed by atoms with Crippen molar-refractivity contribution in [3.8, 4) is 0 Å². The predicted octanol–water partition coefficient (Wildman–Crippen LogP) is 0.677. The number of carbonyl (C=O) groups is 2. The van der Waals surface area contributed by atoms with E-state index in [9.17, 15) is 9.59 Å². The molecule has 0 saturated carbocycles. The summed E-state index contributed by atoms with van der Waals surface area (Å²) in [6.07, 6.45) is 1.28. The molecule has 0 bridgehead atoms. The fraction of sp³-hybridized carbons (Fsp3) is 0.833. The van der Waals surface area contributed by atoms with Crippen LogP contribution < -0.4 is 11.1 Å². The van der Waals surface area contributed by atoms with Crippen molar-refractivity contribution in [1.82, 2.24) is 5.32 Å². The van der Waals surface area contributed by atoms with E-state index in [1.54, 1.807) is 0 Å². The number of hydrogen-bond donors (Lipinski definition) is 2. The number of rotatable bonds is 8. The molecule has 0 fully saturated rings. The lowest BCUT2D eigenvalue weighted by Crippen LogP contribution is -2.27. The van der Waals surface area contributed by atoms with Crippen molar-refractivity contribution in [1.29, 1.82) is 0 Å². The Balaban J connectivity index is 3.71. The SMILES string of the molecule is CC(=O)NCCOC(=O)C[C@@H](CN)CC(C)C. The Bertz CT molecular complexity index is 242. The van der Waals surface area contributed by atoms with E-state index in [1.165, 1.54) is 6.92 Å². The topological polar surface area (TPSA) is 81.4 Å². The van der Waals surface area contributed by atoms with E-state index in [-0.39, 0.29) is 24.4 Å². The molecule has 0 aromatic carbocycles. The van der Waals surface area contributed by atoms with Gasteiger partial charge in [-0.05, 0) is 24.8 Å². The van der Waals surface area contributed by atoms with E-state index in [0.29, 0.717) is 25.4 Å². The van der Waals surface area contributed by atoms with Gasteiger partial charge in [0.05, 0.1) is 6.54 Å². The maximum absolute atomic E-state index is 11.4. The van der Waals surface area contributed by atoms with Gasteiger partial charge in [-0.1, -0.05) is 13.8 Å².